The average Bonchev–Trinajstić information content (AvgIpc) is 2.91. The van der Waals surface area contributed by atoms with E-state index in [1.54, 1.807) is 6.26 Å². The van der Waals surface area contributed by atoms with Crippen LogP contribution >= 0.6 is 0 Å². The molecule has 2 aromatic rings. The summed E-state index contributed by atoms with van der Waals surface area (Å²) in [4.78, 5) is 25.9. The number of aromatic nitrogens is 1. The highest BCUT2D eigenvalue weighted by Gasteiger charge is 2.31. The Labute approximate surface area is 134 Å². The maximum Gasteiger partial charge on any atom is 0.270 e. The van der Waals surface area contributed by atoms with Crippen molar-refractivity contribution in [3.05, 3.63) is 24.1 Å². The van der Waals surface area contributed by atoms with E-state index in [4.69, 9.17) is 4.42 Å². The number of furan rings is 1. The number of rotatable bonds is 4. The number of fused-ring (bicyclic) bond motifs is 1. The van der Waals surface area contributed by atoms with Crippen molar-refractivity contribution in [1.82, 2.24) is 14.8 Å². The summed E-state index contributed by atoms with van der Waals surface area (Å²) in [6.45, 7) is 3.65. The first-order valence-electron chi connectivity index (χ1n) is 8.25. The summed E-state index contributed by atoms with van der Waals surface area (Å²) in [6.07, 6.45) is 4.95. The Morgan fingerprint density at radius 1 is 1.35 bits per heavy atom. The van der Waals surface area contributed by atoms with Gasteiger partial charge in [-0.3, -0.25) is 9.59 Å². The lowest BCUT2D eigenvalue weighted by atomic mass is 10.2. The molecule has 0 spiro atoms. The zero-order chi connectivity index (χ0) is 16.0. The molecule has 0 radical (unpaired) electrons. The number of likely N-dealkylation sites (tertiary alicyclic amines) is 1. The SMILES string of the molecule is CC(=O)N[C@H]1CCN(C(=O)c2cc3occc3n2CC2CC2)C1. The molecule has 6 heteroatoms. The molecule has 1 saturated carbocycles. The molecule has 2 amide bonds. The van der Waals surface area contributed by atoms with Gasteiger partial charge in [0.25, 0.3) is 5.91 Å². The van der Waals surface area contributed by atoms with Crippen molar-refractivity contribution in [3.8, 4) is 0 Å². The minimum atomic E-state index is -0.0427. The monoisotopic (exact) mass is 315 g/mol. The molecule has 1 aliphatic carbocycles. The van der Waals surface area contributed by atoms with Gasteiger partial charge in [0.1, 0.15) is 5.69 Å². The number of nitrogens with zero attached hydrogens (tertiary/aromatic N) is 2. The highest BCUT2D eigenvalue weighted by molar-refractivity contribution is 5.97. The van der Waals surface area contributed by atoms with Crippen molar-refractivity contribution in [3.63, 3.8) is 0 Å². The van der Waals surface area contributed by atoms with E-state index in [2.05, 4.69) is 9.88 Å². The number of carbonyl (C=O) groups is 2. The number of hydrogen-bond donors (Lipinski definition) is 1. The van der Waals surface area contributed by atoms with Crippen LogP contribution in [0.2, 0.25) is 0 Å². The van der Waals surface area contributed by atoms with Crippen molar-refractivity contribution in [2.45, 2.75) is 38.8 Å². The predicted octanol–water partition coefficient (Wildman–Crippen LogP) is 1.99. The van der Waals surface area contributed by atoms with E-state index < -0.39 is 0 Å². The molecule has 1 N–H and O–H groups in total. The van der Waals surface area contributed by atoms with E-state index in [-0.39, 0.29) is 17.9 Å². The largest absolute Gasteiger partial charge is 0.463 e. The molecular weight excluding hydrogens is 294 g/mol. The average molecular weight is 315 g/mol. The molecule has 0 bridgehead atoms. The number of amides is 2. The molecule has 2 aromatic heterocycles. The second-order valence-electron chi connectivity index (χ2n) is 6.69. The molecule has 1 atom stereocenters. The summed E-state index contributed by atoms with van der Waals surface area (Å²) in [5.74, 6) is 0.668. The van der Waals surface area contributed by atoms with Crippen LogP contribution in [-0.4, -0.2) is 40.4 Å². The van der Waals surface area contributed by atoms with Crippen molar-refractivity contribution >= 4 is 22.9 Å². The first-order valence-corrected chi connectivity index (χ1v) is 8.25. The van der Waals surface area contributed by atoms with Crippen LogP contribution in [0.4, 0.5) is 0 Å². The predicted molar refractivity (Wildman–Crippen MR) is 85.1 cm³/mol. The molecule has 2 fully saturated rings. The topological polar surface area (TPSA) is 67.5 Å². The maximum absolute atomic E-state index is 12.9. The summed E-state index contributed by atoms with van der Waals surface area (Å²) in [7, 11) is 0. The molecule has 1 aliphatic heterocycles. The maximum atomic E-state index is 12.9. The van der Waals surface area contributed by atoms with Gasteiger partial charge < -0.3 is 19.2 Å². The Balaban J connectivity index is 1.57. The Hall–Kier alpha value is -2.24. The van der Waals surface area contributed by atoms with Gasteiger partial charge in [0.2, 0.25) is 5.91 Å². The summed E-state index contributed by atoms with van der Waals surface area (Å²) in [5, 5.41) is 2.90. The van der Waals surface area contributed by atoms with Crippen LogP contribution in [0.5, 0.6) is 0 Å². The molecule has 4 rings (SSSR count). The summed E-state index contributed by atoms with van der Waals surface area (Å²) in [5.41, 5.74) is 2.47. The van der Waals surface area contributed by atoms with Gasteiger partial charge in [-0.2, -0.15) is 0 Å². The lowest BCUT2D eigenvalue weighted by Crippen LogP contribution is -2.37. The van der Waals surface area contributed by atoms with Gasteiger partial charge >= 0.3 is 0 Å². The molecule has 1 saturated heterocycles. The fourth-order valence-electron chi connectivity index (χ4n) is 3.42. The zero-order valence-corrected chi connectivity index (χ0v) is 13.2. The molecule has 23 heavy (non-hydrogen) atoms. The lowest BCUT2D eigenvalue weighted by Gasteiger charge is -2.18. The van der Waals surface area contributed by atoms with Crippen LogP contribution in [0.3, 0.4) is 0 Å². The van der Waals surface area contributed by atoms with E-state index in [1.165, 1.54) is 19.8 Å². The molecule has 122 valence electrons. The lowest BCUT2D eigenvalue weighted by molar-refractivity contribution is -0.119. The van der Waals surface area contributed by atoms with Crippen LogP contribution < -0.4 is 5.32 Å². The van der Waals surface area contributed by atoms with Gasteiger partial charge in [0.15, 0.2) is 5.58 Å². The van der Waals surface area contributed by atoms with Crippen LogP contribution in [0.25, 0.3) is 11.1 Å². The van der Waals surface area contributed by atoms with E-state index in [1.807, 2.05) is 17.0 Å². The fourth-order valence-corrected chi connectivity index (χ4v) is 3.42. The summed E-state index contributed by atoms with van der Waals surface area (Å²) < 4.78 is 7.58. The Morgan fingerprint density at radius 2 is 2.17 bits per heavy atom. The van der Waals surface area contributed by atoms with Crippen molar-refractivity contribution in [2.24, 2.45) is 5.92 Å². The molecule has 2 aliphatic rings. The highest BCUT2D eigenvalue weighted by Crippen LogP contribution is 2.34. The van der Waals surface area contributed by atoms with E-state index in [0.29, 0.717) is 24.7 Å². The zero-order valence-electron chi connectivity index (χ0n) is 13.2. The Morgan fingerprint density at radius 3 is 2.91 bits per heavy atom. The highest BCUT2D eigenvalue weighted by atomic mass is 16.3. The van der Waals surface area contributed by atoms with Gasteiger partial charge in [-0.05, 0) is 25.2 Å². The quantitative estimate of drug-likeness (QED) is 0.938. The molecule has 0 unspecified atom stereocenters. The molecular formula is C17H21N3O3. The van der Waals surface area contributed by atoms with Crippen molar-refractivity contribution in [2.75, 3.05) is 13.1 Å². The van der Waals surface area contributed by atoms with E-state index in [0.717, 1.165) is 24.1 Å². The van der Waals surface area contributed by atoms with Crippen LogP contribution in [0, 0.1) is 5.92 Å². The fraction of sp³-hybridized carbons (Fsp3) is 0.529. The second-order valence-corrected chi connectivity index (χ2v) is 6.69. The van der Waals surface area contributed by atoms with Crippen molar-refractivity contribution in [1.29, 1.82) is 0 Å². The molecule has 3 heterocycles. The summed E-state index contributed by atoms with van der Waals surface area (Å²) in [6, 6.07) is 3.84. The minimum Gasteiger partial charge on any atom is -0.463 e. The third-order valence-corrected chi connectivity index (χ3v) is 4.76. The van der Waals surface area contributed by atoms with E-state index >= 15 is 0 Å². The number of nitrogens with one attached hydrogen (secondary N) is 1. The van der Waals surface area contributed by atoms with Gasteiger partial charge in [0.05, 0.1) is 11.8 Å². The smallest absolute Gasteiger partial charge is 0.270 e. The van der Waals surface area contributed by atoms with Crippen LogP contribution in [0.15, 0.2) is 22.8 Å². The number of hydrogen-bond acceptors (Lipinski definition) is 3. The second kappa shape index (κ2) is 5.44. The first-order chi connectivity index (χ1) is 11.1. The van der Waals surface area contributed by atoms with Gasteiger partial charge in [-0.15, -0.1) is 0 Å². The standard InChI is InChI=1S/C17H21N3O3/c1-11(21)18-13-4-6-19(10-13)17(22)15-8-16-14(5-7-23-16)20(15)9-12-2-3-12/h5,7-8,12-13H,2-4,6,9-10H2,1H3,(H,18,21)/t13-/m0/s1. The first kappa shape index (κ1) is 14.4. The normalized spacial score (nSPS) is 21.1. The number of carbonyl (C=O) groups excluding carboxylic acids is 2. The Kier molecular flexibility index (Phi) is 3.39. The minimum absolute atomic E-state index is 0.0323. The van der Waals surface area contributed by atoms with Gasteiger partial charge in [-0.25, -0.2) is 0 Å². The third-order valence-electron chi connectivity index (χ3n) is 4.76. The molecule has 6 nitrogen and oxygen atoms in total. The van der Waals surface area contributed by atoms with Crippen LogP contribution in [0.1, 0.15) is 36.7 Å². The molecule has 0 aromatic carbocycles. The summed E-state index contributed by atoms with van der Waals surface area (Å²) >= 11 is 0. The van der Waals surface area contributed by atoms with Crippen molar-refractivity contribution < 1.29 is 14.0 Å². The third kappa shape index (κ3) is 2.73. The van der Waals surface area contributed by atoms with Gasteiger partial charge in [0, 0.05) is 44.7 Å². The van der Waals surface area contributed by atoms with Crippen LogP contribution in [-0.2, 0) is 11.3 Å². The van der Waals surface area contributed by atoms with Gasteiger partial charge in [-0.1, -0.05) is 0 Å². The Bertz CT molecular complexity index is 756. The van der Waals surface area contributed by atoms with E-state index in [9.17, 15) is 9.59 Å².